The molecular weight excluding hydrogens is 390 g/mol. The number of rotatable bonds is 5. The number of nitrogens with zero attached hydrogens (tertiary/aromatic N) is 3. The number of hydrogen-bond acceptors (Lipinski definition) is 5. The number of fused-ring (bicyclic) bond motifs is 1. The van der Waals surface area contributed by atoms with Gasteiger partial charge in [-0.2, -0.15) is 0 Å². The highest BCUT2D eigenvalue weighted by molar-refractivity contribution is 7.92. The fraction of sp³-hybridized carbons (Fsp3) is 0.167. The van der Waals surface area contributed by atoms with Gasteiger partial charge in [0, 0.05) is 17.6 Å². The van der Waals surface area contributed by atoms with E-state index in [2.05, 4.69) is 4.98 Å². The quantitative estimate of drug-likeness (QED) is 0.608. The molecule has 0 aliphatic heterocycles. The third-order valence-corrected chi connectivity index (χ3v) is 5.59. The first-order valence-electron chi connectivity index (χ1n) is 7.89. The number of halogens is 1. The molecule has 0 amide bonds. The summed E-state index contributed by atoms with van der Waals surface area (Å²) in [7, 11) is -1.96. The molecule has 9 heteroatoms. The Kier molecular flexibility index (Phi) is 5.03. The molecule has 0 radical (unpaired) electrons. The topological polar surface area (TPSA) is 89.3 Å². The molecule has 1 aromatic heterocycles. The monoisotopic (exact) mass is 405 g/mol. The fourth-order valence-electron chi connectivity index (χ4n) is 2.54. The smallest absolute Gasteiger partial charge is 0.261 e. The van der Waals surface area contributed by atoms with E-state index in [4.69, 9.17) is 11.6 Å². The van der Waals surface area contributed by atoms with Crippen LogP contribution in [0.1, 0.15) is 10.4 Å². The van der Waals surface area contributed by atoms with Gasteiger partial charge in [-0.25, -0.2) is 13.4 Å². The van der Waals surface area contributed by atoms with Crippen molar-refractivity contribution in [1.29, 1.82) is 0 Å². The summed E-state index contributed by atoms with van der Waals surface area (Å²) < 4.78 is 25.5. The largest absolute Gasteiger partial charge is 0.292 e. The first-order chi connectivity index (χ1) is 12.7. The zero-order valence-corrected chi connectivity index (χ0v) is 16.2. The first-order valence-corrected chi connectivity index (χ1v) is 10.1. The highest BCUT2D eigenvalue weighted by Crippen LogP contribution is 2.17. The van der Waals surface area contributed by atoms with Crippen molar-refractivity contribution in [3.05, 3.63) is 69.7 Å². The van der Waals surface area contributed by atoms with E-state index in [1.165, 1.54) is 48.3 Å². The van der Waals surface area contributed by atoms with Gasteiger partial charge >= 0.3 is 0 Å². The van der Waals surface area contributed by atoms with E-state index in [1.54, 1.807) is 12.1 Å². The van der Waals surface area contributed by atoms with Crippen molar-refractivity contribution in [2.75, 3.05) is 17.6 Å². The molecular formula is C18H16ClN3O4S. The van der Waals surface area contributed by atoms with E-state index in [0.717, 1.165) is 10.6 Å². The van der Waals surface area contributed by atoms with Crippen LogP contribution in [0.3, 0.4) is 0 Å². The second kappa shape index (κ2) is 7.13. The number of Topliss-reactive ketones (excluding diaryl/α,β-unsaturated/α-hetero) is 1. The molecule has 140 valence electrons. The zero-order valence-electron chi connectivity index (χ0n) is 14.6. The molecule has 0 saturated carbocycles. The zero-order chi connectivity index (χ0) is 19.8. The number of benzene rings is 2. The van der Waals surface area contributed by atoms with Crippen LogP contribution in [0.15, 0.2) is 53.6 Å². The van der Waals surface area contributed by atoms with Gasteiger partial charge in [-0.3, -0.25) is 18.5 Å². The van der Waals surface area contributed by atoms with Crippen LogP contribution >= 0.6 is 11.6 Å². The minimum Gasteiger partial charge on any atom is -0.292 e. The molecule has 7 nitrogen and oxygen atoms in total. The Morgan fingerprint density at radius 1 is 1.19 bits per heavy atom. The third kappa shape index (κ3) is 4.01. The van der Waals surface area contributed by atoms with Gasteiger partial charge in [0.15, 0.2) is 5.78 Å². The Labute approximate surface area is 160 Å². The molecule has 27 heavy (non-hydrogen) atoms. The molecule has 0 fully saturated rings. The molecule has 0 aliphatic carbocycles. The number of ketones is 1. The first kappa shape index (κ1) is 19.1. The van der Waals surface area contributed by atoms with Crippen LogP contribution in [0.4, 0.5) is 5.69 Å². The van der Waals surface area contributed by atoms with Crippen LogP contribution in [0, 0.1) is 0 Å². The Morgan fingerprint density at radius 3 is 2.48 bits per heavy atom. The lowest BCUT2D eigenvalue weighted by atomic mass is 10.1. The minimum absolute atomic E-state index is 0.185. The third-order valence-electron chi connectivity index (χ3n) is 4.15. The normalized spacial score (nSPS) is 11.5. The molecule has 3 rings (SSSR count). The van der Waals surface area contributed by atoms with Crippen molar-refractivity contribution in [2.45, 2.75) is 6.54 Å². The van der Waals surface area contributed by atoms with E-state index in [0.29, 0.717) is 27.2 Å². The molecule has 2 aromatic carbocycles. The molecule has 0 aliphatic rings. The van der Waals surface area contributed by atoms with Gasteiger partial charge in [0.2, 0.25) is 10.0 Å². The predicted molar refractivity (Wildman–Crippen MR) is 105 cm³/mol. The van der Waals surface area contributed by atoms with E-state index < -0.39 is 10.0 Å². The summed E-state index contributed by atoms with van der Waals surface area (Å²) in [6.07, 6.45) is 2.42. The van der Waals surface area contributed by atoms with Gasteiger partial charge in [-0.15, -0.1) is 0 Å². The maximum absolute atomic E-state index is 12.5. The molecule has 1 heterocycles. The molecule has 0 atom stereocenters. The second-order valence-electron chi connectivity index (χ2n) is 6.04. The number of sulfonamides is 1. The Morgan fingerprint density at radius 2 is 1.85 bits per heavy atom. The van der Waals surface area contributed by atoms with Crippen molar-refractivity contribution in [3.63, 3.8) is 0 Å². The number of hydrogen-bond donors (Lipinski definition) is 0. The molecule has 0 unspecified atom stereocenters. The lowest BCUT2D eigenvalue weighted by Gasteiger charge is -2.16. The number of carbonyl (C=O) groups is 1. The van der Waals surface area contributed by atoms with Gasteiger partial charge in [0.1, 0.15) is 0 Å². The minimum atomic E-state index is -3.38. The second-order valence-corrected chi connectivity index (χ2v) is 8.49. The van der Waals surface area contributed by atoms with Crippen molar-refractivity contribution in [1.82, 2.24) is 9.55 Å². The van der Waals surface area contributed by atoms with Crippen LogP contribution in [-0.4, -0.2) is 37.1 Å². The van der Waals surface area contributed by atoms with Gasteiger partial charge in [-0.1, -0.05) is 11.6 Å². The lowest BCUT2D eigenvalue weighted by molar-refractivity contribution is 0.0970. The summed E-state index contributed by atoms with van der Waals surface area (Å²) in [5, 5.41) is 0.749. The molecule has 0 N–H and O–H groups in total. The Bertz CT molecular complexity index is 1190. The molecule has 0 bridgehead atoms. The van der Waals surface area contributed by atoms with Crippen molar-refractivity contribution in [3.8, 4) is 0 Å². The van der Waals surface area contributed by atoms with Crippen LogP contribution in [0.5, 0.6) is 0 Å². The summed E-state index contributed by atoms with van der Waals surface area (Å²) in [5.41, 5.74) is 0.942. The van der Waals surface area contributed by atoms with Crippen LogP contribution in [0.25, 0.3) is 10.9 Å². The average Bonchev–Trinajstić information content (AvgIpc) is 2.63. The van der Waals surface area contributed by atoms with Crippen LogP contribution < -0.4 is 9.86 Å². The Balaban J connectivity index is 1.86. The van der Waals surface area contributed by atoms with E-state index in [9.17, 15) is 18.0 Å². The van der Waals surface area contributed by atoms with Crippen LogP contribution in [0.2, 0.25) is 5.02 Å². The lowest BCUT2D eigenvalue weighted by Crippen LogP contribution is -2.25. The summed E-state index contributed by atoms with van der Waals surface area (Å²) in [5.74, 6) is -0.297. The highest BCUT2D eigenvalue weighted by Gasteiger charge is 2.14. The predicted octanol–water partition coefficient (Wildman–Crippen LogP) is 2.33. The fourth-order valence-corrected chi connectivity index (χ4v) is 3.22. The summed E-state index contributed by atoms with van der Waals surface area (Å²) in [6, 6.07) is 10.9. The van der Waals surface area contributed by atoms with E-state index in [1.807, 2.05) is 0 Å². The molecule has 0 saturated heterocycles. The molecule has 0 spiro atoms. The van der Waals surface area contributed by atoms with Gasteiger partial charge in [0.25, 0.3) is 5.56 Å². The summed E-state index contributed by atoms with van der Waals surface area (Å²) in [4.78, 5) is 29.2. The van der Waals surface area contributed by atoms with E-state index in [-0.39, 0.29) is 17.9 Å². The summed E-state index contributed by atoms with van der Waals surface area (Å²) >= 11 is 5.93. The maximum Gasteiger partial charge on any atom is 0.261 e. The van der Waals surface area contributed by atoms with E-state index >= 15 is 0 Å². The highest BCUT2D eigenvalue weighted by atomic mass is 35.5. The van der Waals surface area contributed by atoms with Crippen LogP contribution in [-0.2, 0) is 16.6 Å². The molecule has 3 aromatic rings. The number of anilines is 1. The number of aromatic nitrogens is 2. The van der Waals surface area contributed by atoms with Gasteiger partial charge < -0.3 is 0 Å². The van der Waals surface area contributed by atoms with Crippen molar-refractivity contribution < 1.29 is 13.2 Å². The van der Waals surface area contributed by atoms with Gasteiger partial charge in [-0.05, 0) is 42.5 Å². The summed E-state index contributed by atoms with van der Waals surface area (Å²) in [6.45, 7) is -0.185. The maximum atomic E-state index is 12.5. The van der Waals surface area contributed by atoms with Crippen molar-refractivity contribution >= 4 is 44.0 Å². The van der Waals surface area contributed by atoms with Crippen molar-refractivity contribution in [2.24, 2.45) is 0 Å². The Hall–Kier alpha value is -2.71. The van der Waals surface area contributed by atoms with Gasteiger partial charge in [0.05, 0.1) is 35.7 Å². The number of carbonyl (C=O) groups excluding carboxylic acids is 1. The SMILES string of the molecule is CN(c1ccc(C(=O)Cn2cnc3ccc(Cl)cc3c2=O)cc1)S(C)(=O)=O. The average molecular weight is 406 g/mol. The standard InChI is InChI=1S/C18H16ClN3O4S/c1-21(27(2,25)26)14-6-3-12(4-7-14)17(23)10-22-11-20-16-8-5-13(19)9-15(16)18(22)24/h3-9,11H,10H2,1-2H3.